The van der Waals surface area contributed by atoms with Gasteiger partial charge >= 0.3 is 0 Å². The van der Waals surface area contributed by atoms with Crippen molar-refractivity contribution in [2.45, 2.75) is 52.4 Å². The van der Waals surface area contributed by atoms with Gasteiger partial charge in [0, 0.05) is 29.6 Å². The van der Waals surface area contributed by atoms with Crippen LogP contribution in [0.25, 0.3) is 0 Å². The molecule has 0 aliphatic rings. The number of aryl methyl sites for hydroxylation is 1. The van der Waals surface area contributed by atoms with E-state index >= 15 is 0 Å². The largest absolute Gasteiger partial charge is 0.508 e. The average Bonchev–Trinajstić information content (AvgIpc) is 2.17. The van der Waals surface area contributed by atoms with E-state index in [9.17, 15) is 5.11 Å². The van der Waals surface area contributed by atoms with Gasteiger partial charge in [-0.15, -0.1) is 0 Å². The van der Waals surface area contributed by atoms with Gasteiger partial charge in [0.1, 0.15) is 5.75 Å². The van der Waals surface area contributed by atoms with Crippen molar-refractivity contribution >= 4 is 29.6 Å². The first-order valence-corrected chi connectivity index (χ1v) is 5.83. The van der Waals surface area contributed by atoms with Gasteiger partial charge in [-0.05, 0) is 42.4 Å². The number of benzene rings is 1. The Morgan fingerprint density at radius 2 is 1.88 bits per heavy atom. The van der Waals surface area contributed by atoms with Crippen LogP contribution in [0.2, 0.25) is 0 Å². The molecule has 0 bridgehead atoms. The molecule has 0 heterocycles. The van der Waals surface area contributed by atoms with Crippen LogP contribution < -0.4 is 0 Å². The molecule has 0 fully saturated rings. The minimum absolute atomic E-state index is 0. The smallest absolute Gasteiger partial charge is 0.119 e. The Morgan fingerprint density at radius 3 is 2.31 bits per heavy atom. The van der Waals surface area contributed by atoms with Crippen molar-refractivity contribution < 1.29 is 5.11 Å². The van der Waals surface area contributed by atoms with E-state index in [0.717, 1.165) is 30.4 Å². The molecule has 0 aromatic heterocycles. The second kappa shape index (κ2) is 6.68. The van der Waals surface area contributed by atoms with Gasteiger partial charge in [-0.1, -0.05) is 39.3 Å². The van der Waals surface area contributed by atoms with Crippen LogP contribution in [0.3, 0.4) is 0 Å². The van der Waals surface area contributed by atoms with Crippen LogP contribution in [-0.2, 0) is 5.41 Å². The molecule has 0 aliphatic heterocycles. The number of phenols is 1. The van der Waals surface area contributed by atoms with Gasteiger partial charge in [0.2, 0.25) is 0 Å². The van der Waals surface area contributed by atoms with E-state index in [4.69, 9.17) is 0 Å². The quantitative estimate of drug-likeness (QED) is 0.779. The topological polar surface area (TPSA) is 20.2 Å². The summed E-state index contributed by atoms with van der Waals surface area (Å²) in [5.74, 6) is 0.452. The average molecular weight is 229 g/mol. The molecule has 0 spiro atoms. The van der Waals surface area contributed by atoms with E-state index in [2.05, 4.69) is 32.9 Å². The maximum atomic E-state index is 9.98. The molecular weight excluding hydrogens is 207 g/mol. The maximum absolute atomic E-state index is 9.98. The Hall–Kier alpha value is 0.0200. The van der Waals surface area contributed by atoms with Gasteiger partial charge in [0.15, 0.2) is 0 Å². The number of hydrogen-bond acceptors (Lipinski definition) is 1. The molecule has 85 valence electrons. The third kappa shape index (κ3) is 3.51. The molecule has 1 nitrogen and oxygen atoms in total. The van der Waals surface area contributed by atoms with Crippen LogP contribution in [0.15, 0.2) is 18.2 Å². The van der Waals surface area contributed by atoms with E-state index < -0.39 is 0 Å². The molecule has 1 rings (SSSR count). The van der Waals surface area contributed by atoms with Crippen molar-refractivity contribution in [2.24, 2.45) is 0 Å². The minimum atomic E-state index is 0. The fourth-order valence-corrected chi connectivity index (χ4v) is 2.21. The summed E-state index contributed by atoms with van der Waals surface area (Å²) >= 11 is 0. The maximum Gasteiger partial charge on any atom is 0.119 e. The molecule has 0 saturated heterocycles. The van der Waals surface area contributed by atoms with Crippen molar-refractivity contribution in [3.8, 4) is 5.75 Å². The Morgan fingerprint density at radius 1 is 1.25 bits per heavy atom. The van der Waals surface area contributed by atoms with Gasteiger partial charge in [0.25, 0.3) is 0 Å². The molecule has 1 atom stereocenters. The van der Waals surface area contributed by atoms with Gasteiger partial charge in [-0.2, -0.15) is 0 Å². The van der Waals surface area contributed by atoms with Gasteiger partial charge in [-0.3, -0.25) is 0 Å². The Balaban J connectivity index is 0.00000225. The number of aromatic hydroxyl groups is 1. The zero-order valence-corrected chi connectivity index (χ0v) is 13.3. The van der Waals surface area contributed by atoms with E-state index in [1.165, 1.54) is 0 Å². The summed E-state index contributed by atoms with van der Waals surface area (Å²) in [5.41, 5.74) is 2.33. The normalized spacial score (nSPS) is 14.0. The zero-order chi connectivity index (χ0) is 11.5. The van der Waals surface area contributed by atoms with E-state index in [0.29, 0.717) is 5.75 Å². The van der Waals surface area contributed by atoms with Crippen LogP contribution in [0.5, 0.6) is 5.75 Å². The molecule has 1 unspecified atom stereocenters. The summed E-state index contributed by atoms with van der Waals surface area (Å²) in [6.45, 7) is 8.63. The second-order valence-electron chi connectivity index (χ2n) is 4.68. The summed E-state index contributed by atoms with van der Waals surface area (Å²) < 4.78 is 0. The van der Waals surface area contributed by atoms with Crippen molar-refractivity contribution in [2.75, 3.05) is 0 Å². The number of phenolic OH excluding ortho intramolecular Hbond substituents is 1. The third-order valence-electron chi connectivity index (χ3n) is 3.39. The van der Waals surface area contributed by atoms with Crippen LogP contribution in [0.4, 0.5) is 0 Å². The summed E-state index contributed by atoms with van der Waals surface area (Å²) in [4.78, 5) is 0. The number of hydrogen-bond donors (Lipinski definition) is 1. The van der Waals surface area contributed by atoms with Crippen molar-refractivity contribution in [1.29, 1.82) is 0 Å². The molecule has 0 amide bonds. The third-order valence-corrected chi connectivity index (χ3v) is 3.39. The fraction of sp³-hybridized carbons (Fsp3) is 0.571. The first-order chi connectivity index (χ1) is 7.03. The molecular formula is C14H22NaO. The Bertz CT molecular complexity index is 336. The molecule has 1 aromatic rings. The van der Waals surface area contributed by atoms with Crippen LogP contribution >= 0.6 is 0 Å². The van der Waals surface area contributed by atoms with E-state index in [-0.39, 0.29) is 35.0 Å². The Labute approximate surface area is 122 Å². The van der Waals surface area contributed by atoms with Crippen LogP contribution in [-0.4, -0.2) is 34.7 Å². The SMILES string of the molecule is CCCC(C)(CC)c1ccc(C)cc1O.[Na]. The van der Waals surface area contributed by atoms with Crippen molar-refractivity contribution in [3.05, 3.63) is 29.3 Å². The second-order valence-corrected chi connectivity index (χ2v) is 4.68. The molecule has 1 radical (unpaired) electrons. The molecule has 1 N–H and O–H groups in total. The molecule has 2 heteroatoms. The van der Waals surface area contributed by atoms with Crippen LogP contribution in [0, 0.1) is 6.92 Å². The van der Waals surface area contributed by atoms with Crippen LogP contribution in [0.1, 0.15) is 51.2 Å². The van der Waals surface area contributed by atoms with Crippen molar-refractivity contribution in [1.82, 2.24) is 0 Å². The summed E-state index contributed by atoms with van der Waals surface area (Å²) in [7, 11) is 0. The minimum Gasteiger partial charge on any atom is -0.508 e. The summed E-state index contributed by atoms with van der Waals surface area (Å²) in [6.07, 6.45) is 3.34. The predicted molar refractivity (Wildman–Crippen MR) is 71.1 cm³/mol. The van der Waals surface area contributed by atoms with E-state index in [1.807, 2.05) is 13.0 Å². The molecule has 0 saturated carbocycles. The summed E-state index contributed by atoms with van der Waals surface area (Å²) in [5, 5.41) is 9.98. The van der Waals surface area contributed by atoms with Gasteiger partial charge in [0.05, 0.1) is 0 Å². The predicted octanol–water partition coefficient (Wildman–Crippen LogP) is 3.79. The fourth-order valence-electron chi connectivity index (χ4n) is 2.21. The zero-order valence-electron chi connectivity index (χ0n) is 11.3. The standard InChI is InChI=1S/C14H22O.Na/c1-5-9-14(4,6-2)12-8-7-11(3)10-13(12)15;/h7-8,10,15H,5-6,9H2,1-4H3;. The summed E-state index contributed by atoms with van der Waals surface area (Å²) in [6, 6.07) is 6.02. The van der Waals surface area contributed by atoms with E-state index in [1.54, 1.807) is 0 Å². The Kier molecular flexibility index (Phi) is 6.69. The molecule has 0 aliphatic carbocycles. The first kappa shape index (κ1) is 16.0. The monoisotopic (exact) mass is 229 g/mol. The molecule has 16 heavy (non-hydrogen) atoms. The first-order valence-electron chi connectivity index (χ1n) is 5.83. The number of rotatable bonds is 4. The molecule has 1 aromatic carbocycles. The van der Waals surface area contributed by atoms with Gasteiger partial charge in [-0.25, -0.2) is 0 Å². The van der Waals surface area contributed by atoms with Gasteiger partial charge < -0.3 is 5.11 Å². The van der Waals surface area contributed by atoms with Crippen molar-refractivity contribution in [3.63, 3.8) is 0 Å².